The van der Waals surface area contributed by atoms with Crippen molar-refractivity contribution in [2.75, 3.05) is 18.4 Å². The lowest BCUT2D eigenvalue weighted by atomic mass is 10.1. The third kappa shape index (κ3) is 6.09. The summed E-state index contributed by atoms with van der Waals surface area (Å²) in [5, 5.41) is 16.0. The van der Waals surface area contributed by atoms with Gasteiger partial charge < -0.3 is 20.6 Å². The molecule has 1 aliphatic rings. The van der Waals surface area contributed by atoms with Gasteiger partial charge in [-0.1, -0.05) is 6.92 Å². The van der Waals surface area contributed by atoms with Crippen molar-refractivity contribution >= 4 is 29.0 Å². The van der Waals surface area contributed by atoms with E-state index in [9.17, 15) is 14.7 Å². The molecule has 3 atom stereocenters. The van der Waals surface area contributed by atoms with Gasteiger partial charge in [0.15, 0.2) is 5.01 Å². The van der Waals surface area contributed by atoms with Gasteiger partial charge in [-0.3, -0.25) is 9.59 Å². The molecule has 8 nitrogen and oxygen atoms in total. The van der Waals surface area contributed by atoms with Crippen LogP contribution in [0.1, 0.15) is 83.8 Å². The SMILES string of the molecule is [2H]C([2H])([2H])C(C)(O)CNC(=O)c1nc(C(=O)N2CCC[C@@H]2C)c(-c2cnc(N[C@H](C)CC)cc2C)s1. The molecule has 0 saturated carbocycles. The third-order valence-corrected chi connectivity index (χ3v) is 6.88. The molecule has 2 aromatic heterocycles. The average Bonchev–Trinajstić information content (AvgIpc) is 3.43. The fourth-order valence-electron chi connectivity index (χ4n) is 3.67. The predicted octanol–water partition coefficient (Wildman–Crippen LogP) is 3.85. The molecule has 3 rings (SSSR count). The molecule has 0 aliphatic carbocycles. The molecule has 2 amide bonds. The smallest absolute Gasteiger partial charge is 0.280 e. The first-order valence-electron chi connectivity index (χ1n) is 12.8. The minimum absolute atomic E-state index is 0.0164. The van der Waals surface area contributed by atoms with Crippen molar-refractivity contribution in [2.45, 2.75) is 78.4 Å². The van der Waals surface area contributed by atoms with E-state index in [0.29, 0.717) is 17.0 Å². The second-order valence-electron chi connectivity index (χ2n) is 8.98. The highest BCUT2D eigenvalue weighted by molar-refractivity contribution is 7.17. The summed E-state index contributed by atoms with van der Waals surface area (Å²) in [6, 6.07) is 2.23. The van der Waals surface area contributed by atoms with Gasteiger partial charge in [-0.15, -0.1) is 11.3 Å². The maximum absolute atomic E-state index is 13.5. The van der Waals surface area contributed by atoms with Crippen LogP contribution in [0.4, 0.5) is 5.82 Å². The first-order valence-corrected chi connectivity index (χ1v) is 12.1. The van der Waals surface area contributed by atoms with Crippen LogP contribution < -0.4 is 10.6 Å². The number of rotatable bonds is 8. The van der Waals surface area contributed by atoms with Gasteiger partial charge in [-0.2, -0.15) is 0 Å². The van der Waals surface area contributed by atoms with E-state index in [1.54, 1.807) is 11.1 Å². The number of carbonyl (C=O) groups is 2. The summed E-state index contributed by atoms with van der Waals surface area (Å²) in [6.45, 7) is 6.65. The summed E-state index contributed by atoms with van der Waals surface area (Å²) in [5.41, 5.74) is -0.356. The number of nitrogens with zero attached hydrogens (tertiary/aromatic N) is 3. The molecule has 1 saturated heterocycles. The maximum Gasteiger partial charge on any atom is 0.280 e. The number of aromatic nitrogens is 2. The first-order chi connectivity index (χ1) is 16.7. The van der Waals surface area contributed by atoms with Crippen LogP contribution in [0.5, 0.6) is 0 Å². The van der Waals surface area contributed by atoms with E-state index in [2.05, 4.69) is 34.4 Å². The van der Waals surface area contributed by atoms with E-state index >= 15 is 0 Å². The number of hydrogen-bond acceptors (Lipinski definition) is 7. The molecular formula is C24H35N5O3S. The Balaban J connectivity index is 1.97. The predicted molar refractivity (Wildman–Crippen MR) is 132 cm³/mol. The lowest BCUT2D eigenvalue weighted by Gasteiger charge is -2.21. The van der Waals surface area contributed by atoms with Crippen molar-refractivity contribution in [1.82, 2.24) is 20.2 Å². The van der Waals surface area contributed by atoms with Crippen LogP contribution in [0.3, 0.4) is 0 Å². The zero-order chi connectivity index (χ0) is 26.8. The van der Waals surface area contributed by atoms with Crippen molar-refractivity contribution < 1.29 is 18.8 Å². The lowest BCUT2D eigenvalue weighted by molar-refractivity contribution is 0.0692. The van der Waals surface area contributed by atoms with Gasteiger partial charge in [0.05, 0.1) is 10.5 Å². The summed E-state index contributed by atoms with van der Waals surface area (Å²) in [7, 11) is 0. The topological polar surface area (TPSA) is 107 Å². The molecule has 9 heteroatoms. The van der Waals surface area contributed by atoms with Gasteiger partial charge in [-0.25, -0.2) is 9.97 Å². The summed E-state index contributed by atoms with van der Waals surface area (Å²) < 4.78 is 22.4. The first kappa shape index (κ1) is 21.0. The molecule has 1 unspecified atom stereocenters. The monoisotopic (exact) mass is 476 g/mol. The molecule has 0 aromatic carbocycles. The Hall–Kier alpha value is -2.52. The minimum Gasteiger partial charge on any atom is -0.389 e. The number of carbonyl (C=O) groups excluding carboxylic acids is 2. The zero-order valence-corrected chi connectivity index (χ0v) is 20.7. The van der Waals surface area contributed by atoms with Crippen molar-refractivity contribution in [2.24, 2.45) is 0 Å². The highest BCUT2D eigenvalue weighted by Crippen LogP contribution is 2.35. The summed E-state index contributed by atoms with van der Waals surface area (Å²) >= 11 is 1.05. The largest absolute Gasteiger partial charge is 0.389 e. The molecule has 180 valence electrons. The second kappa shape index (κ2) is 10.2. The molecule has 33 heavy (non-hydrogen) atoms. The Morgan fingerprint density at radius 1 is 1.48 bits per heavy atom. The summed E-state index contributed by atoms with van der Waals surface area (Å²) in [5.74, 6) is -0.179. The highest BCUT2D eigenvalue weighted by atomic mass is 32.1. The number of amides is 2. The van der Waals surface area contributed by atoms with Crippen LogP contribution in [0.15, 0.2) is 12.3 Å². The Morgan fingerprint density at radius 2 is 2.24 bits per heavy atom. The average molecular weight is 477 g/mol. The molecule has 2 aromatic rings. The van der Waals surface area contributed by atoms with E-state index in [-0.39, 0.29) is 28.7 Å². The van der Waals surface area contributed by atoms with Crippen molar-refractivity contribution in [3.63, 3.8) is 0 Å². The minimum atomic E-state index is -2.67. The number of anilines is 1. The van der Waals surface area contributed by atoms with Crippen LogP contribution in [0.2, 0.25) is 0 Å². The third-order valence-electron chi connectivity index (χ3n) is 5.79. The lowest BCUT2D eigenvalue weighted by Crippen LogP contribution is -2.38. The fourth-order valence-corrected chi connectivity index (χ4v) is 4.72. The number of nitrogens with one attached hydrogen (secondary N) is 2. The van der Waals surface area contributed by atoms with Crippen LogP contribution in [-0.2, 0) is 0 Å². The zero-order valence-electron chi connectivity index (χ0n) is 22.9. The van der Waals surface area contributed by atoms with Gasteiger partial charge in [0, 0.05) is 41.0 Å². The van der Waals surface area contributed by atoms with E-state index in [0.717, 1.165) is 48.9 Å². The maximum atomic E-state index is 13.5. The van der Waals surface area contributed by atoms with Gasteiger partial charge in [-0.05, 0) is 65.4 Å². The number of thiazole rings is 1. The van der Waals surface area contributed by atoms with Gasteiger partial charge >= 0.3 is 0 Å². The molecular weight excluding hydrogens is 438 g/mol. The number of aryl methyl sites for hydroxylation is 1. The number of likely N-dealkylation sites (tertiary alicyclic amines) is 1. The molecule has 1 fully saturated rings. The Bertz CT molecular complexity index is 1120. The van der Waals surface area contributed by atoms with E-state index in [4.69, 9.17) is 4.11 Å². The van der Waals surface area contributed by atoms with Crippen LogP contribution in [0, 0.1) is 6.92 Å². The molecule has 3 heterocycles. The van der Waals surface area contributed by atoms with E-state index in [1.807, 2.05) is 19.9 Å². The number of hydrogen-bond donors (Lipinski definition) is 3. The van der Waals surface area contributed by atoms with Crippen LogP contribution >= 0.6 is 11.3 Å². The fraction of sp³-hybridized carbons (Fsp3) is 0.583. The van der Waals surface area contributed by atoms with Crippen molar-refractivity contribution in [1.29, 1.82) is 0 Å². The standard InChI is InChI=1S/C24H35N5O3S/c1-7-15(3)27-18-11-14(2)17(12-25-18)20-19(23(31)29-10-8-9-16(29)4)28-22(33-20)21(30)26-13-24(5,6)32/h11-12,15-16,32H,7-10,13H2,1-6H3,(H,25,27)(H,26,30)/t15-,16+/m1/s1/i5D3/t15-,16+,24?. The Kier molecular flexibility index (Phi) is 6.49. The normalized spacial score (nSPS) is 20.4. The Labute approximate surface area is 204 Å². The van der Waals surface area contributed by atoms with Gasteiger partial charge in [0.2, 0.25) is 0 Å². The number of aliphatic hydroxyl groups is 1. The van der Waals surface area contributed by atoms with E-state index in [1.165, 1.54) is 0 Å². The second-order valence-corrected chi connectivity index (χ2v) is 9.98. The highest BCUT2D eigenvalue weighted by Gasteiger charge is 2.32. The summed E-state index contributed by atoms with van der Waals surface area (Å²) in [6.07, 6.45) is 4.43. The van der Waals surface area contributed by atoms with Gasteiger partial charge in [0.1, 0.15) is 11.5 Å². The van der Waals surface area contributed by atoms with E-state index < -0.39 is 24.9 Å². The van der Waals surface area contributed by atoms with Crippen molar-refractivity contribution in [3.8, 4) is 10.4 Å². The molecule has 0 bridgehead atoms. The molecule has 3 N–H and O–H groups in total. The van der Waals surface area contributed by atoms with Gasteiger partial charge in [0.25, 0.3) is 11.8 Å². The Morgan fingerprint density at radius 3 is 2.85 bits per heavy atom. The molecule has 1 aliphatic heterocycles. The quantitative estimate of drug-likeness (QED) is 0.534. The number of pyridine rings is 1. The molecule has 0 spiro atoms. The van der Waals surface area contributed by atoms with Crippen LogP contribution in [0.25, 0.3) is 10.4 Å². The summed E-state index contributed by atoms with van der Waals surface area (Å²) in [4.78, 5) is 37.6. The van der Waals surface area contributed by atoms with Crippen molar-refractivity contribution in [3.05, 3.63) is 28.5 Å². The van der Waals surface area contributed by atoms with Crippen LogP contribution in [-0.4, -0.2) is 62.6 Å². The molecule has 0 radical (unpaired) electrons.